The summed E-state index contributed by atoms with van der Waals surface area (Å²) in [5.41, 5.74) is 6.54. The van der Waals surface area contributed by atoms with Crippen molar-refractivity contribution in [2.45, 2.75) is 25.4 Å². The summed E-state index contributed by atoms with van der Waals surface area (Å²) in [4.78, 5) is 26.0. The van der Waals surface area contributed by atoms with Crippen LogP contribution < -0.4 is 16.1 Å². The van der Waals surface area contributed by atoms with E-state index in [2.05, 4.69) is 0 Å². The Morgan fingerprint density at radius 3 is 2.69 bits per heavy atom. The summed E-state index contributed by atoms with van der Waals surface area (Å²) < 4.78 is 21.9. The van der Waals surface area contributed by atoms with Crippen LogP contribution in [0.5, 0.6) is 0 Å². The molecule has 2 aliphatic rings. The van der Waals surface area contributed by atoms with Gasteiger partial charge in [0.05, 0.1) is 30.5 Å². The molecule has 7 nitrogen and oxygen atoms in total. The van der Waals surface area contributed by atoms with Gasteiger partial charge >= 0.3 is 5.97 Å². The molecule has 2 fully saturated rings. The summed E-state index contributed by atoms with van der Waals surface area (Å²) in [6, 6.07) is 1.07. The molecular weight excluding hydrogens is 341 g/mol. The lowest BCUT2D eigenvalue weighted by Gasteiger charge is -2.32. The van der Waals surface area contributed by atoms with Gasteiger partial charge < -0.3 is 25.0 Å². The van der Waals surface area contributed by atoms with Crippen LogP contribution in [-0.2, 0) is 4.74 Å². The SMILES string of the molecule is Cc1c(N2CCC(N)C2)c(F)cc2c(=O)c(C(=O)O)cn(C3COC3)c12. The fourth-order valence-electron chi connectivity index (χ4n) is 3.87. The molecule has 1 aromatic heterocycles. The molecule has 3 heterocycles. The molecule has 1 aromatic carbocycles. The second-order valence-corrected chi connectivity index (χ2v) is 7.00. The van der Waals surface area contributed by atoms with Crippen LogP contribution in [0.3, 0.4) is 0 Å². The fourth-order valence-corrected chi connectivity index (χ4v) is 3.87. The first kappa shape index (κ1) is 17.0. The van der Waals surface area contributed by atoms with Crippen molar-refractivity contribution in [3.63, 3.8) is 0 Å². The maximum absolute atomic E-state index is 14.9. The zero-order valence-electron chi connectivity index (χ0n) is 14.4. The molecular formula is C18H20FN3O4. The van der Waals surface area contributed by atoms with Crippen molar-refractivity contribution in [3.8, 4) is 0 Å². The Bertz CT molecular complexity index is 967. The highest BCUT2D eigenvalue weighted by atomic mass is 19.1. The van der Waals surface area contributed by atoms with Crippen LogP contribution in [-0.4, -0.2) is 48.0 Å². The maximum Gasteiger partial charge on any atom is 0.341 e. The Balaban J connectivity index is 2.02. The number of aromatic nitrogens is 1. The highest BCUT2D eigenvalue weighted by Crippen LogP contribution is 2.34. The summed E-state index contributed by atoms with van der Waals surface area (Å²) >= 11 is 0. The van der Waals surface area contributed by atoms with E-state index in [1.165, 1.54) is 6.20 Å². The molecule has 2 aliphatic heterocycles. The minimum atomic E-state index is -1.32. The van der Waals surface area contributed by atoms with E-state index in [-0.39, 0.29) is 23.0 Å². The summed E-state index contributed by atoms with van der Waals surface area (Å²) in [5, 5.41) is 9.44. The van der Waals surface area contributed by atoms with E-state index in [1.807, 2.05) is 4.90 Å². The van der Waals surface area contributed by atoms with Crippen LogP contribution in [0, 0.1) is 12.7 Å². The van der Waals surface area contributed by atoms with Gasteiger partial charge in [-0.3, -0.25) is 4.79 Å². The zero-order chi connectivity index (χ0) is 18.6. The first-order chi connectivity index (χ1) is 12.4. The highest BCUT2D eigenvalue weighted by Gasteiger charge is 2.29. The third-order valence-electron chi connectivity index (χ3n) is 5.26. The lowest BCUT2D eigenvalue weighted by Crippen LogP contribution is -2.33. The quantitative estimate of drug-likeness (QED) is 0.854. The van der Waals surface area contributed by atoms with Gasteiger partial charge in [0.15, 0.2) is 0 Å². The molecule has 4 rings (SSSR count). The standard InChI is InChI=1S/C18H20FN3O4/c1-9-15-12(4-14(19)16(9)21-3-2-10(20)5-21)17(23)13(18(24)25)6-22(15)11-7-26-8-11/h4,6,10-11H,2-3,5,7-8,20H2,1H3,(H,24,25). The predicted octanol–water partition coefficient (Wildman–Crippen LogP) is 1.26. The molecule has 8 heteroatoms. The van der Waals surface area contributed by atoms with Gasteiger partial charge in [-0.15, -0.1) is 0 Å². The number of benzene rings is 1. The molecule has 26 heavy (non-hydrogen) atoms. The number of nitrogens with zero attached hydrogens (tertiary/aromatic N) is 2. The molecule has 0 bridgehead atoms. The van der Waals surface area contributed by atoms with Gasteiger partial charge in [0.1, 0.15) is 11.4 Å². The topological polar surface area (TPSA) is 97.8 Å². The first-order valence-electron chi connectivity index (χ1n) is 8.58. The number of anilines is 1. The van der Waals surface area contributed by atoms with E-state index in [1.54, 1.807) is 11.5 Å². The summed E-state index contributed by atoms with van der Waals surface area (Å²) in [7, 11) is 0. The van der Waals surface area contributed by atoms with Crippen molar-refractivity contribution in [1.29, 1.82) is 0 Å². The normalized spacial score (nSPS) is 20.6. The van der Waals surface area contributed by atoms with Gasteiger partial charge in [-0.05, 0) is 25.0 Å². The molecule has 1 unspecified atom stereocenters. The zero-order valence-corrected chi connectivity index (χ0v) is 14.4. The van der Waals surface area contributed by atoms with Gasteiger partial charge in [-0.1, -0.05) is 0 Å². The van der Waals surface area contributed by atoms with Crippen molar-refractivity contribution in [2.75, 3.05) is 31.2 Å². The molecule has 0 spiro atoms. The number of nitrogens with two attached hydrogens (primary N) is 1. The Morgan fingerprint density at radius 1 is 1.42 bits per heavy atom. The number of halogens is 1. The Kier molecular flexibility index (Phi) is 3.96. The van der Waals surface area contributed by atoms with Gasteiger partial charge in [0.2, 0.25) is 5.43 Å². The molecule has 0 aliphatic carbocycles. The summed E-state index contributed by atoms with van der Waals surface area (Å²) in [6.07, 6.45) is 2.13. The number of rotatable bonds is 3. The van der Waals surface area contributed by atoms with Crippen molar-refractivity contribution in [1.82, 2.24) is 4.57 Å². The van der Waals surface area contributed by atoms with E-state index in [0.717, 1.165) is 12.5 Å². The molecule has 3 N–H and O–H groups in total. The number of carboxylic acid groups (broad SMARTS) is 1. The van der Waals surface area contributed by atoms with E-state index < -0.39 is 17.2 Å². The number of carboxylic acids is 1. The van der Waals surface area contributed by atoms with Crippen molar-refractivity contribution in [2.24, 2.45) is 5.73 Å². The number of pyridine rings is 1. The maximum atomic E-state index is 14.9. The predicted molar refractivity (Wildman–Crippen MR) is 94.5 cm³/mol. The second kappa shape index (κ2) is 6.07. The lowest BCUT2D eigenvalue weighted by atomic mass is 10.0. The summed E-state index contributed by atoms with van der Waals surface area (Å²) in [5.74, 6) is -1.85. The second-order valence-electron chi connectivity index (χ2n) is 7.00. The van der Waals surface area contributed by atoms with Crippen molar-refractivity contribution < 1.29 is 19.0 Å². The van der Waals surface area contributed by atoms with Crippen LogP contribution in [0.25, 0.3) is 10.9 Å². The largest absolute Gasteiger partial charge is 0.477 e. The first-order valence-corrected chi connectivity index (χ1v) is 8.58. The number of aryl methyl sites for hydroxylation is 1. The number of aromatic carboxylic acids is 1. The Hall–Kier alpha value is -2.45. The van der Waals surface area contributed by atoms with E-state index >= 15 is 0 Å². The summed E-state index contributed by atoms with van der Waals surface area (Å²) in [6.45, 7) is 3.82. The highest BCUT2D eigenvalue weighted by molar-refractivity contribution is 5.95. The number of carbonyl (C=O) groups is 1. The monoisotopic (exact) mass is 361 g/mol. The molecule has 1 atom stereocenters. The smallest absolute Gasteiger partial charge is 0.341 e. The third kappa shape index (κ3) is 2.48. The average Bonchev–Trinajstić information content (AvgIpc) is 2.93. The minimum absolute atomic E-state index is 0.0129. The van der Waals surface area contributed by atoms with Crippen molar-refractivity contribution in [3.05, 3.63) is 39.4 Å². The molecule has 2 saturated heterocycles. The number of hydrogen-bond donors (Lipinski definition) is 2. The van der Waals surface area contributed by atoms with Crippen LogP contribution in [0.4, 0.5) is 10.1 Å². The van der Waals surface area contributed by atoms with Crippen LogP contribution in [0.2, 0.25) is 0 Å². The Morgan fingerprint density at radius 2 is 2.15 bits per heavy atom. The molecule has 0 amide bonds. The lowest BCUT2D eigenvalue weighted by molar-refractivity contribution is -0.0217. The molecule has 138 valence electrons. The van der Waals surface area contributed by atoms with Crippen LogP contribution >= 0.6 is 0 Å². The number of fused-ring (bicyclic) bond motifs is 1. The van der Waals surface area contributed by atoms with Gasteiger partial charge in [0.25, 0.3) is 0 Å². The molecule has 2 aromatic rings. The fraction of sp³-hybridized carbons (Fsp3) is 0.444. The van der Waals surface area contributed by atoms with Gasteiger partial charge in [-0.25, -0.2) is 9.18 Å². The van der Waals surface area contributed by atoms with E-state index in [4.69, 9.17) is 10.5 Å². The number of ether oxygens (including phenoxy) is 1. The van der Waals surface area contributed by atoms with Crippen molar-refractivity contribution >= 4 is 22.6 Å². The molecule has 0 radical (unpaired) electrons. The van der Waals surface area contributed by atoms with E-state index in [0.29, 0.717) is 43.1 Å². The van der Waals surface area contributed by atoms with Gasteiger partial charge in [0, 0.05) is 30.7 Å². The van der Waals surface area contributed by atoms with Crippen LogP contribution in [0.1, 0.15) is 28.4 Å². The molecule has 0 saturated carbocycles. The Labute approximate surface area is 148 Å². The third-order valence-corrected chi connectivity index (χ3v) is 5.26. The number of hydrogen-bond acceptors (Lipinski definition) is 5. The minimum Gasteiger partial charge on any atom is -0.477 e. The average molecular weight is 361 g/mol. The van der Waals surface area contributed by atoms with E-state index in [9.17, 15) is 19.1 Å². The van der Waals surface area contributed by atoms with Gasteiger partial charge in [-0.2, -0.15) is 0 Å². The van der Waals surface area contributed by atoms with Crippen LogP contribution in [0.15, 0.2) is 17.1 Å².